The van der Waals surface area contributed by atoms with Crippen molar-refractivity contribution in [3.8, 4) is 22.6 Å². The molecule has 0 aliphatic rings. The predicted octanol–water partition coefficient (Wildman–Crippen LogP) is 7.33. The van der Waals surface area contributed by atoms with Crippen LogP contribution in [0.15, 0.2) is 60.7 Å². The molecular formula is C27H28FIO4. The maximum atomic E-state index is 14.8. The molecule has 0 saturated heterocycles. The molecule has 0 radical (unpaired) electrons. The molecule has 174 valence electrons. The van der Waals surface area contributed by atoms with Crippen LogP contribution in [0.4, 0.5) is 4.39 Å². The molecule has 1 atom stereocenters. The van der Waals surface area contributed by atoms with Crippen molar-refractivity contribution in [2.45, 2.75) is 43.1 Å². The van der Waals surface area contributed by atoms with Gasteiger partial charge in [-0.05, 0) is 64.1 Å². The lowest BCUT2D eigenvalue weighted by atomic mass is 9.81. The van der Waals surface area contributed by atoms with E-state index in [1.54, 1.807) is 19.2 Å². The Balaban J connectivity index is 1.85. The fraction of sp³-hybridized carbons (Fsp3) is 0.296. The molecule has 6 heteroatoms. The largest absolute Gasteiger partial charge is 0.497 e. The SMILES string of the molecule is COc1ccc(F)c(-c2cc(COc3ccc([C@H](I)CC(=O)O)cc3)ccc2C(C)(C)C)c1. The van der Waals surface area contributed by atoms with E-state index in [-0.39, 0.29) is 21.6 Å². The Morgan fingerprint density at radius 2 is 1.67 bits per heavy atom. The summed E-state index contributed by atoms with van der Waals surface area (Å²) in [5.74, 6) is 0.164. The highest BCUT2D eigenvalue weighted by atomic mass is 127. The lowest BCUT2D eigenvalue weighted by Gasteiger charge is -2.24. The number of alkyl halides is 1. The van der Waals surface area contributed by atoms with E-state index < -0.39 is 5.97 Å². The van der Waals surface area contributed by atoms with Crippen LogP contribution in [0.1, 0.15) is 47.8 Å². The van der Waals surface area contributed by atoms with Gasteiger partial charge in [-0.2, -0.15) is 0 Å². The van der Waals surface area contributed by atoms with E-state index in [1.165, 1.54) is 6.07 Å². The number of hydrogen-bond donors (Lipinski definition) is 1. The Morgan fingerprint density at radius 3 is 2.27 bits per heavy atom. The first-order chi connectivity index (χ1) is 15.6. The Kier molecular flexibility index (Phi) is 8.00. The molecule has 0 spiro atoms. The Bertz CT molecular complexity index is 1120. The van der Waals surface area contributed by atoms with Crippen molar-refractivity contribution >= 4 is 28.6 Å². The monoisotopic (exact) mass is 562 g/mol. The molecule has 0 amide bonds. The second-order valence-corrected chi connectivity index (χ2v) is 10.4. The van der Waals surface area contributed by atoms with Crippen LogP contribution in [0, 0.1) is 5.82 Å². The Hall–Kier alpha value is -2.61. The summed E-state index contributed by atoms with van der Waals surface area (Å²) < 4.78 is 26.0. The highest BCUT2D eigenvalue weighted by molar-refractivity contribution is 14.1. The van der Waals surface area contributed by atoms with Crippen LogP contribution in [0.3, 0.4) is 0 Å². The number of carbonyl (C=O) groups is 1. The molecule has 33 heavy (non-hydrogen) atoms. The topological polar surface area (TPSA) is 55.8 Å². The third kappa shape index (κ3) is 6.47. The summed E-state index contributed by atoms with van der Waals surface area (Å²) >= 11 is 2.13. The van der Waals surface area contributed by atoms with Crippen LogP contribution in [-0.4, -0.2) is 18.2 Å². The molecule has 3 rings (SSSR count). The van der Waals surface area contributed by atoms with E-state index in [0.717, 1.165) is 22.3 Å². The first-order valence-corrected chi connectivity index (χ1v) is 11.9. The van der Waals surface area contributed by atoms with Gasteiger partial charge in [-0.1, -0.05) is 67.6 Å². The molecule has 0 aromatic heterocycles. The molecule has 0 bridgehead atoms. The van der Waals surface area contributed by atoms with Gasteiger partial charge < -0.3 is 14.6 Å². The standard InChI is InChI=1S/C27H28FIO4/c1-27(2,3)23-11-5-17(13-21(23)22-14-20(32-4)10-12-24(22)28)16-33-19-8-6-18(7-9-19)25(29)15-26(30)31/h5-14,25H,15-16H2,1-4H3,(H,30,31)/t25-/m1/s1. The van der Waals surface area contributed by atoms with Gasteiger partial charge in [-0.3, -0.25) is 4.79 Å². The van der Waals surface area contributed by atoms with Crippen molar-refractivity contribution in [3.63, 3.8) is 0 Å². The normalized spacial score (nSPS) is 12.3. The van der Waals surface area contributed by atoms with E-state index >= 15 is 0 Å². The minimum Gasteiger partial charge on any atom is -0.497 e. The number of carboxylic acid groups (broad SMARTS) is 1. The number of rotatable bonds is 8. The second kappa shape index (κ2) is 10.5. The number of methoxy groups -OCH3 is 1. The van der Waals surface area contributed by atoms with Crippen LogP contribution < -0.4 is 9.47 Å². The number of halogens is 2. The zero-order valence-electron chi connectivity index (χ0n) is 19.2. The number of benzene rings is 3. The molecule has 0 heterocycles. The first-order valence-electron chi connectivity index (χ1n) is 10.6. The van der Waals surface area contributed by atoms with Gasteiger partial charge in [0.15, 0.2) is 0 Å². The zero-order valence-corrected chi connectivity index (χ0v) is 21.4. The van der Waals surface area contributed by atoms with Crippen LogP contribution in [0.5, 0.6) is 11.5 Å². The van der Waals surface area contributed by atoms with Gasteiger partial charge in [0.2, 0.25) is 0 Å². The van der Waals surface area contributed by atoms with Gasteiger partial charge in [0.05, 0.1) is 13.5 Å². The molecule has 3 aromatic carbocycles. The summed E-state index contributed by atoms with van der Waals surface area (Å²) in [7, 11) is 1.57. The molecule has 0 unspecified atom stereocenters. The Labute approximate surface area is 207 Å². The van der Waals surface area contributed by atoms with Crippen molar-refractivity contribution in [2.75, 3.05) is 7.11 Å². The number of aliphatic carboxylic acids is 1. The molecule has 1 N–H and O–H groups in total. The highest BCUT2D eigenvalue weighted by Crippen LogP contribution is 2.37. The van der Waals surface area contributed by atoms with Crippen LogP contribution in [0.25, 0.3) is 11.1 Å². The quantitative estimate of drug-likeness (QED) is 0.231. The van der Waals surface area contributed by atoms with E-state index in [1.807, 2.05) is 42.5 Å². The number of carboxylic acids is 1. The lowest BCUT2D eigenvalue weighted by Crippen LogP contribution is -2.13. The number of hydrogen-bond acceptors (Lipinski definition) is 3. The van der Waals surface area contributed by atoms with E-state index in [4.69, 9.17) is 14.6 Å². The van der Waals surface area contributed by atoms with Crippen LogP contribution in [-0.2, 0) is 16.8 Å². The molecule has 0 fully saturated rings. The summed E-state index contributed by atoms with van der Waals surface area (Å²) in [6, 6.07) is 18.2. The van der Waals surface area contributed by atoms with Gasteiger partial charge in [-0.25, -0.2) is 4.39 Å². The zero-order chi connectivity index (χ0) is 24.2. The Morgan fingerprint density at radius 1 is 1.00 bits per heavy atom. The summed E-state index contributed by atoms with van der Waals surface area (Å²) in [6.45, 7) is 6.64. The maximum absolute atomic E-state index is 14.8. The molecular weight excluding hydrogens is 534 g/mol. The number of ether oxygens (including phenoxy) is 2. The third-order valence-corrected chi connectivity index (χ3v) is 6.52. The van der Waals surface area contributed by atoms with E-state index in [9.17, 15) is 9.18 Å². The van der Waals surface area contributed by atoms with Crippen LogP contribution >= 0.6 is 22.6 Å². The summed E-state index contributed by atoms with van der Waals surface area (Å²) in [5.41, 5.74) is 4.03. The smallest absolute Gasteiger partial charge is 0.304 e. The molecule has 0 aliphatic carbocycles. The second-order valence-electron chi connectivity index (χ2n) is 8.90. The van der Waals surface area contributed by atoms with Gasteiger partial charge in [0.25, 0.3) is 0 Å². The molecule has 4 nitrogen and oxygen atoms in total. The van der Waals surface area contributed by atoms with Crippen molar-refractivity contribution in [2.24, 2.45) is 0 Å². The summed E-state index contributed by atoms with van der Waals surface area (Å²) in [5, 5.41) is 8.97. The minimum atomic E-state index is -0.822. The highest BCUT2D eigenvalue weighted by Gasteiger charge is 2.21. The first kappa shape index (κ1) is 25.0. The minimum absolute atomic E-state index is 0.0739. The van der Waals surface area contributed by atoms with Crippen molar-refractivity contribution in [3.05, 3.63) is 83.2 Å². The lowest BCUT2D eigenvalue weighted by molar-refractivity contribution is -0.136. The van der Waals surface area contributed by atoms with Gasteiger partial charge in [-0.15, -0.1) is 0 Å². The van der Waals surface area contributed by atoms with Gasteiger partial charge in [0.1, 0.15) is 23.9 Å². The van der Waals surface area contributed by atoms with Gasteiger partial charge in [0, 0.05) is 9.49 Å². The molecule has 0 aliphatic heterocycles. The van der Waals surface area contributed by atoms with Gasteiger partial charge >= 0.3 is 5.97 Å². The average molecular weight is 562 g/mol. The fourth-order valence-electron chi connectivity index (χ4n) is 3.61. The summed E-state index contributed by atoms with van der Waals surface area (Å²) in [4.78, 5) is 10.9. The summed E-state index contributed by atoms with van der Waals surface area (Å²) in [6.07, 6.45) is 0.0739. The van der Waals surface area contributed by atoms with E-state index in [0.29, 0.717) is 23.7 Å². The average Bonchev–Trinajstić information content (AvgIpc) is 2.77. The third-order valence-electron chi connectivity index (χ3n) is 5.36. The van der Waals surface area contributed by atoms with Crippen LogP contribution in [0.2, 0.25) is 0 Å². The van der Waals surface area contributed by atoms with Crippen molar-refractivity contribution in [1.29, 1.82) is 0 Å². The molecule has 3 aromatic rings. The predicted molar refractivity (Wildman–Crippen MR) is 137 cm³/mol. The van der Waals surface area contributed by atoms with Crippen molar-refractivity contribution in [1.82, 2.24) is 0 Å². The van der Waals surface area contributed by atoms with Crippen molar-refractivity contribution < 1.29 is 23.8 Å². The van der Waals surface area contributed by atoms with E-state index in [2.05, 4.69) is 43.4 Å². The maximum Gasteiger partial charge on any atom is 0.304 e. The fourth-order valence-corrected chi connectivity index (χ4v) is 4.40. The molecule has 0 saturated carbocycles.